The lowest BCUT2D eigenvalue weighted by Gasteiger charge is -2.33. The van der Waals surface area contributed by atoms with Gasteiger partial charge in [-0.25, -0.2) is 9.97 Å². The van der Waals surface area contributed by atoms with Crippen LogP contribution in [0.15, 0.2) is 30.5 Å². The third kappa shape index (κ3) is 2.89. The molecule has 5 nitrogen and oxygen atoms in total. The average Bonchev–Trinajstić information content (AvgIpc) is 3.45. The van der Waals surface area contributed by atoms with E-state index in [1.54, 1.807) is 0 Å². The summed E-state index contributed by atoms with van der Waals surface area (Å²) in [6.45, 7) is 7.22. The molecule has 0 radical (unpaired) electrons. The molecule has 28 heavy (non-hydrogen) atoms. The SMILES string of the molecule is C[C@@H](Nc1ncc2c(n1)CC=C2c1ccc2c(c1)C(C)(C)CNC2=O)C1CC1. The quantitative estimate of drug-likeness (QED) is 0.856. The van der Waals surface area contributed by atoms with Gasteiger partial charge in [0.05, 0.1) is 5.69 Å². The van der Waals surface area contributed by atoms with E-state index in [4.69, 9.17) is 4.98 Å². The maximum absolute atomic E-state index is 12.2. The lowest BCUT2D eigenvalue weighted by molar-refractivity contribution is 0.0930. The monoisotopic (exact) mass is 374 g/mol. The fourth-order valence-corrected chi connectivity index (χ4v) is 4.33. The Morgan fingerprint density at radius 2 is 2.07 bits per heavy atom. The molecule has 0 spiro atoms. The Balaban J connectivity index is 1.45. The number of benzene rings is 1. The minimum Gasteiger partial charge on any atom is -0.351 e. The number of nitrogens with one attached hydrogen (secondary N) is 2. The Morgan fingerprint density at radius 1 is 1.25 bits per heavy atom. The molecule has 1 atom stereocenters. The van der Waals surface area contributed by atoms with E-state index in [9.17, 15) is 4.79 Å². The first-order chi connectivity index (χ1) is 13.4. The predicted octanol–water partition coefficient (Wildman–Crippen LogP) is 3.70. The molecule has 1 fully saturated rings. The number of aromatic nitrogens is 2. The molecule has 144 valence electrons. The van der Waals surface area contributed by atoms with Gasteiger partial charge in [-0.15, -0.1) is 0 Å². The fraction of sp³-hybridized carbons (Fsp3) is 0.435. The van der Waals surface area contributed by atoms with E-state index in [0.717, 1.165) is 46.2 Å². The molecule has 3 aliphatic rings. The second kappa shape index (κ2) is 6.16. The van der Waals surface area contributed by atoms with Crippen LogP contribution < -0.4 is 10.6 Å². The number of amides is 1. The number of carbonyl (C=O) groups excluding carboxylic acids is 1. The van der Waals surface area contributed by atoms with Crippen LogP contribution >= 0.6 is 0 Å². The van der Waals surface area contributed by atoms with Crippen LogP contribution in [-0.2, 0) is 11.8 Å². The van der Waals surface area contributed by atoms with Crippen LogP contribution in [0, 0.1) is 5.92 Å². The topological polar surface area (TPSA) is 66.9 Å². The number of allylic oxidation sites excluding steroid dienone is 1. The van der Waals surface area contributed by atoms with Gasteiger partial charge in [-0.05, 0) is 54.5 Å². The largest absolute Gasteiger partial charge is 0.351 e. The number of fused-ring (bicyclic) bond motifs is 2. The van der Waals surface area contributed by atoms with Crippen molar-refractivity contribution in [1.82, 2.24) is 15.3 Å². The first-order valence-corrected chi connectivity index (χ1v) is 10.2. The molecule has 1 aromatic carbocycles. The molecule has 2 heterocycles. The zero-order valence-corrected chi connectivity index (χ0v) is 16.7. The number of nitrogens with zero attached hydrogens (tertiary/aromatic N) is 2. The standard InChI is InChI=1S/C23H26N4O/c1-13(14-4-5-14)26-22-24-11-18-16(8-9-20(18)27-22)15-6-7-17-19(10-15)23(2,3)12-25-21(17)28/h6-8,10-11,13-14H,4-5,9,12H2,1-3H3,(H,25,28)(H,24,26,27)/t13-/m1/s1. The normalized spacial score (nSPS) is 20.7. The molecule has 0 bridgehead atoms. The average molecular weight is 374 g/mol. The number of hydrogen-bond acceptors (Lipinski definition) is 4. The van der Waals surface area contributed by atoms with Crippen molar-refractivity contribution in [2.45, 2.75) is 51.5 Å². The summed E-state index contributed by atoms with van der Waals surface area (Å²) in [5.74, 6) is 1.52. The van der Waals surface area contributed by atoms with Crippen LogP contribution in [0.1, 0.15) is 66.4 Å². The molecule has 2 aliphatic carbocycles. The van der Waals surface area contributed by atoms with E-state index in [1.807, 2.05) is 18.3 Å². The third-order valence-electron chi connectivity index (χ3n) is 6.34. The lowest BCUT2D eigenvalue weighted by atomic mass is 9.77. The van der Waals surface area contributed by atoms with Crippen molar-refractivity contribution < 1.29 is 4.79 Å². The Labute approximate surface area is 165 Å². The van der Waals surface area contributed by atoms with Crippen molar-refractivity contribution in [2.75, 3.05) is 11.9 Å². The highest BCUT2D eigenvalue weighted by Gasteiger charge is 2.32. The van der Waals surface area contributed by atoms with Crippen molar-refractivity contribution in [3.63, 3.8) is 0 Å². The van der Waals surface area contributed by atoms with E-state index in [2.05, 4.69) is 48.5 Å². The summed E-state index contributed by atoms with van der Waals surface area (Å²) in [4.78, 5) is 21.6. The second-order valence-electron chi connectivity index (χ2n) is 8.97. The van der Waals surface area contributed by atoms with Gasteiger partial charge in [0.1, 0.15) is 0 Å². The Kier molecular flexibility index (Phi) is 3.83. The van der Waals surface area contributed by atoms with Crippen molar-refractivity contribution in [2.24, 2.45) is 5.92 Å². The molecule has 1 amide bonds. The van der Waals surface area contributed by atoms with Crippen LogP contribution in [-0.4, -0.2) is 28.5 Å². The number of anilines is 1. The van der Waals surface area contributed by atoms with E-state index >= 15 is 0 Å². The van der Waals surface area contributed by atoms with Crippen LogP contribution in [0.5, 0.6) is 0 Å². The highest BCUT2D eigenvalue weighted by atomic mass is 16.1. The molecule has 5 heteroatoms. The Hall–Kier alpha value is -2.69. The molecule has 1 aromatic heterocycles. The third-order valence-corrected chi connectivity index (χ3v) is 6.34. The summed E-state index contributed by atoms with van der Waals surface area (Å²) >= 11 is 0. The highest BCUT2D eigenvalue weighted by Crippen LogP contribution is 2.37. The zero-order chi connectivity index (χ0) is 19.5. The number of hydrogen-bond donors (Lipinski definition) is 2. The zero-order valence-electron chi connectivity index (χ0n) is 16.7. The summed E-state index contributed by atoms with van der Waals surface area (Å²) in [5, 5.41) is 6.44. The van der Waals surface area contributed by atoms with Gasteiger partial charge in [0.25, 0.3) is 5.91 Å². The molecule has 1 aliphatic heterocycles. The molecule has 1 saturated carbocycles. The van der Waals surface area contributed by atoms with Crippen LogP contribution in [0.4, 0.5) is 5.95 Å². The van der Waals surface area contributed by atoms with Crippen LogP contribution in [0.25, 0.3) is 5.57 Å². The van der Waals surface area contributed by atoms with Gasteiger partial charge >= 0.3 is 0 Å². The van der Waals surface area contributed by atoms with Gasteiger partial charge in [-0.1, -0.05) is 26.0 Å². The van der Waals surface area contributed by atoms with Gasteiger partial charge in [-0.3, -0.25) is 4.79 Å². The summed E-state index contributed by atoms with van der Waals surface area (Å²) < 4.78 is 0. The summed E-state index contributed by atoms with van der Waals surface area (Å²) in [6.07, 6.45) is 7.60. The van der Waals surface area contributed by atoms with E-state index in [0.29, 0.717) is 12.6 Å². The van der Waals surface area contributed by atoms with Gasteiger partial charge in [-0.2, -0.15) is 0 Å². The molecule has 5 rings (SSSR count). The minimum atomic E-state index is -0.0789. The molecular weight excluding hydrogens is 348 g/mol. The van der Waals surface area contributed by atoms with Gasteiger partial charge < -0.3 is 10.6 Å². The summed E-state index contributed by atoms with van der Waals surface area (Å²) in [6, 6.07) is 6.60. The smallest absolute Gasteiger partial charge is 0.251 e. The highest BCUT2D eigenvalue weighted by molar-refractivity contribution is 5.98. The first kappa shape index (κ1) is 17.4. The van der Waals surface area contributed by atoms with Gasteiger partial charge in [0, 0.05) is 41.7 Å². The minimum absolute atomic E-state index is 0.0190. The maximum Gasteiger partial charge on any atom is 0.251 e. The van der Waals surface area contributed by atoms with Crippen LogP contribution in [0.2, 0.25) is 0 Å². The predicted molar refractivity (Wildman–Crippen MR) is 110 cm³/mol. The van der Waals surface area contributed by atoms with E-state index in [-0.39, 0.29) is 11.3 Å². The first-order valence-electron chi connectivity index (χ1n) is 10.2. The maximum atomic E-state index is 12.2. The Morgan fingerprint density at radius 3 is 2.86 bits per heavy atom. The van der Waals surface area contributed by atoms with E-state index < -0.39 is 0 Å². The van der Waals surface area contributed by atoms with Crippen LogP contribution in [0.3, 0.4) is 0 Å². The number of carbonyl (C=O) groups is 1. The Bertz CT molecular complexity index is 1000. The summed E-state index contributed by atoms with van der Waals surface area (Å²) in [5.41, 5.74) is 6.29. The van der Waals surface area contributed by atoms with E-state index in [1.165, 1.54) is 18.4 Å². The molecule has 0 unspecified atom stereocenters. The molecule has 0 saturated heterocycles. The molecule has 2 N–H and O–H groups in total. The fourth-order valence-electron chi connectivity index (χ4n) is 4.33. The summed E-state index contributed by atoms with van der Waals surface area (Å²) in [7, 11) is 0. The van der Waals surface area contributed by atoms with Gasteiger partial charge in [0.15, 0.2) is 0 Å². The molecular formula is C23H26N4O. The van der Waals surface area contributed by atoms with Crippen molar-refractivity contribution in [1.29, 1.82) is 0 Å². The van der Waals surface area contributed by atoms with Crippen molar-refractivity contribution in [3.8, 4) is 0 Å². The molecule has 2 aromatic rings. The van der Waals surface area contributed by atoms with Crippen molar-refractivity contribution >= 4 is 17.4 Å². The number of rotatable bonds is 4. The van der Waals surface area contributed by atoms with Crippen molar-refractivity contribution in [3.05, 3.63) is 58.4 Å². The lowest BCUT2D eigenvalue weighted by Crippen LogP contribution is -2.43. The van der Waals surface area contributed by atoms with Gasteiger partial charge in [0.2, 0.25) is 5.95 Å². The second-order valence-corrected chi connectivity index (χ2v) is 8.97.